The Morgan fingerprint density at radius 1 is 1.00 bits per heavy atom. The molecular weight excluding hydrogens is 358 g/mol. The standard InChI is InChI=1S/C21H21N3O4/c1-13-18(11-15-5-8-17(28-2)12-19(15)24-13)21(27)23-10-9-22-20(26)14-3-6-16(25)7-4-14/h3-8,11-12,25H,9-10H2,1-2H3,(H,22,26)(H,23,27). The summed E-state index contributed by atoms with van der Waals surface area (Å²) in [7, 11) is 1.59. The lowest BCUT2D eigenvalue weighted by Gasteiger charge is -2.10. The quantitative estimate of drug-likeness (QED) is 0.571. The van der Waals surface area contributed by atoms with Crippen molar-refractivity contribution in [2.45, 2.75) is 6.92 Å². The van der Waals surface area contributed by atoms with Crippen LogP contribution in [0.3, 0.4) is 0 Å². The molecule has 0 spiro atoms. The first-order chi connectivity index (χ1) is 13.5. The topological polar surface area (TPSA) is 101 Å². The number of carbonyl (C=O) groups excluding carboxylic acids is 2. The molecular formula is C21H21N3O4. The summed E-state index contributed by atoms with van der Waals surface area (Å²) in [5.74, 6) is 0.288. The number of ether oxygens (including phenoxy) is 1. The highest BCUT2D eigenvalue weighted by molar-refractivity contribution is 5.99. The van der Waals surface area contributed by atoms with Gasteiger partial charge < -0.3 is 20.5 Å². The maximum Gasteiger partial charge on any atom is 0.253 e. The highest BCUT2D eigenvalue weighted by atomic mass is 16.5. The van der Waals surface area contributed by atoms with Crippen LogP contribution in [0, 0.1) is 6.92 Å². The van der Waals surface area contributed by atoms with Crippen LogP contribution >= 0.6 is 0 Å². The second-order valence-electron chi connectivity index (χ2n) is 6.24. The summed E-state index contributed by atoms with van der Waals surface area (Å²) in [5, 5.41) is 15.6. The third-order valence-corrected chi connectivity index (χ3v) is 4.29. The molecule has 3 N–H and O–H groups in total. The lowest BCUT2D eigenvalue weighted by atomic mass is 10.1. The predicted octanol–water partition coefficient (Wildman–Crippen LogP) is 2.42. The van der Waals surface area contributed by atoms with E-state index in [2.05, 4.69) is 15.6 Å². The van der Waals surface area contributed by atoms with Crippen molar-refractivity contribution >= 4 is 22.7 Å². The number of phenols is 1. The van der Waals surface area contributed by atoms with E-state index in [1.165, 1.54) is 24.3 Å². The van der Waals surface area contributed by atoms with Gasteiger partial charge in [0.2, 0.25) is 0 Å². The third-order valence-electron chi connectivity index (χ3n) is 4.29. The molecule has 3 aromatic rings. The van der Waals surface area contributed by atoms with Crippen LogP contribution in [0.15, 0.2) is 48.5 Å². The van der Waals surface area contributed by atoms with Gasteiger partial charge in [-0.25, -0.2) is 0 Å². The minimum Gasteiger partial charge on any atom is -0.508 e. The van der Waals surface area contributed by atoms with Crippen LogP contribution < -0.4 is 15.4 Å². The number of carbonyl (C=O) groups is 2. The van der Waals surface area contributed by atoms with Crippen LogP contribution in [-0.4, -0.2) is 42.1 Å². The number of nitrogens with one attached hydrogen (secondary N) is 2. The molecule has 0 unspecified atom stereocenters. The van der Waals surface area contributed by atoms with Crippen molar-refractivity contribution in [1.82, 2.24) is 15.6 Å². The van der Waals surface area contributed by atoms with Crippen LogP contribution in [0.2, 0.25) is 0 Å². The zero-order valence-electron chi connectivity index (χ0n) is 15.7. The summed E-state index contributed by atoms with van der Waals surface area (Å²) in [6.45, 7) is 2.34. The number of amides is 2. The second kappa shape index (κ2) is 8.39. The molecule has 0 bridgehead atoms. The fraction of sp³-hybridized carbons (Fsp3) is 0.190. The molecule has 0 aliphatic heterocycles. The first kappa shape index (κ1) is 19.2. The molecule has 1 heterocycles. The van der Waals surface area contributed by atoms with E-state index >= 15 is 0 Å². The molecule has 7 nitrogen and oxygen atoms in total. The van der Waals surface area contributed by atoms with Gasteiger partial charge in [0.25, 0.3) is 11.8 Å². The molecule has 28 heavy (non-hydrogen) atoms. The largest absolute Gasteiger partial charge is 0.508 e. The van der Waals surface area contributed by atoms with Crippen molar-refractivity contribution < 1.29 is 19.4 Å². The average molecular weight is 379 g/mol. The normalized spacial score (nSPS) is 10.5. The fourth-order valence-corrected chi connectivity index (χ4v) is 2.76. The van der Waals surface area contributed by atoms with Gasteiger partial charge in [0, 0.05) is 30.1 Å². The maximum atomic E-state index is 12.5. The number of aromatic hydroxyl groups is 1. The van der Waals surface area contributed by atoms with E-state index in [9.17, 15) is 14.7 Å². The van der Waals surface area contributed by atoms with Gasteiger partial charge in [-0.3, -0.25) is 14.6 Å². The summed E-state index contributed by atoms with van der Waals surface area (Å²) in [6.07, 6.45) is 0. The third kappa shape index (κ3) is 4.37. The Morgan fingerprint density at radius 3 is 2.36 bits per heavy atom. The van der Waals surface area contributed by atoms with E-state index in [0.717, 1.165) is 10.9 Å². The highest BCUT2D eigenvalue weighted by Gasteiger charge is 2.12. The van der Waals surface area contributed by atoms with Gasteiger partial charge in [-0.2, -0.15) is 0 Å². The molecule has 0 radical (unpaired) electrons. The van der Waals surface area contributed by atoms with Crippen LogP contribution in [0.1, 0.15) is 26.4 Å². The maximum absolute atomic E-state index is 12.5. The average Bonchev–Trinajstić information content (AvgIpc) is 2.70. The predicted molar refractivity (Wildman–Crippen MR) is 106 cm³/mol. The molecule has 1 aromatic heterocycles. The number of aryl methyl sites for hydroxylation is 1. The Morgan fingerprint density at radius 2 is 1.68 bits per heavy atom. The van der Waals surface area contributed by atoms with Crippen molar-refractivity contribution in [3.8, 4) is 11.5 Å². The van der Waals surface area contributed by atoms with Gasteiger partial charge in [-0.1, -0.05) is 0 Å². The number of pyridine rings is 1. The second-order valence-corrected chi connectivity index (χ2v) is 6.24. The van der Waals surface area contributed by atoms with Gasteiger partial charge >= 0.3 is 0 Å². The summed E-state index contributed by atoms with van der Waals surface area (Å²) < 4.78 is 5.20. The number of benzene rings is 2. The number of hydrogen-bond donors (Lipinski definition) is 3. The highest BCUT2D eigenvalue weighted by Crippen LogP contribution is 2.21. The van der Waals surface area contributed by atoms with Gasteiger partial charge in [0.15, 0.2) is 0 Å². The minimum absolute atomic E-state index is 0.0987. The molecule has 144 valence electrons. The number of fused-ring (bicyclic) bond motifs is 1. The van der Waals surface area contributed by atoms with Crippen LogP contribution in [0.25, 0.3) is 10.9 Å². The van der Waals surface area contributed by atoms with E-state index in [-0.39, 0.29) is 30.7 Å². The number of rotatable bonds is 6. The van der Waals surface area contributed by atoms with Crippen molar-refractivity contribution in [2.24, 2.45) is 0 Å². The minimum atomic E-state index is -0.272. The lowest BCUT2D eigenvalue weighted by Crippen LogP contribution is -2.35. The zero-order chi connectivity index (χ0) is 20.1. The lowest BCUT2D eigenvalue weighted by molar-refractivity contribution is 0.0927. The Labute approximate surface area is 162 Å². The van der Waals surface area contributed by atoms with E-state index in [1.807, 2.05) is 18.2 Å². The van der Waals surface area contributed by atoms with Gasteiger partial charge in [-0.15, -0.1) is 0 Å². The molecule has 0 atom stereocenters. The number of hydrogen-bond acceptors (Lipinski definition) is 5. The Kier molecular flexibility index (Phi) is 5.74. The molecule has 0 aliphatic rings. The van der Waals surface area contributed by atoms with Gasteiger partial charge in [-0.05, 0) is 49.4 Å². The van der Waals surface area contributed by atoms with Crippen molar-refractivity contribution in [1.29, 1.82) is 0 Å². The fourth-order valence-electron chi connectivity index (χ4n) is 2.76. The summed E-state index contributed by atoms with van der Waals surface area (Å²) >= 11 is 0. The molecule has 0 saturated carbocycles. The first-order valence-electron chi connectivity index (χ1n) is 8.79. The first-order valence-corrected chi connectivity index (χ1v) is 8.79. The number of methoxy groups -OCH3 is 1. The molecule has 0 aliphatic carbocycles. The summed E-state index contributed by atoms with van der Waals surface area (Å²) in [5.41, 5.74) is 2.30. The summed E-state index contributed by atoms with van der Waals surface area (Å²) in [6, 6.07) is 13.2. The molecule has 2 amide bonds. The monoisotopic (exact) mass is 379 g/mol. The Hall–Kier alpha value is -3.61. The molecule has 0 fully saturated rings. The zero-order valence-corrected chi connectivity index (χ0v) is 15.7. The molecule has 3 rings (SSSR count). The smallest absolute Gasteiger partial charge is 0.253 e. The van der Waals surface area contributed by atoms with Gasteiger partial charge in [0.05, 0.1) is 23.9 Å². The van der Waals surface area contributed by atoms with E-state index in [0.29, 0.717) is 22.6 Å². The van der Waals surface area contributed by atoms with E-state index in [4.69, 9.17) is 4.74 Å². The Bertz CT molecular complexity index is 1020. The molecule has 2 aromatic carbocycles. The molecule has 7 heteroatoms. The van der Waals surface area contributed by atoms with Crippen LogP contribution in [0.5, 0.6) is 11.5 Å². The summed E-state index contributed by atoms with van der Waals surface area (Å²) in [4.78, 5) is 28.9. The van der Waals surface area contributed by atoms with Crippen molar-refractivity contribution in [3.05, 3.63) is 65.4 Å². The van der Waals surface area contributed by atoms with Crippen molar-refractivity contribution in [2.75, 3.05) is 20.2 Å². The SMILES string of the molecule is COc1ccc2cc(C(=O)NCCNC(=O)c3ccc(O)cc3)c(C)nc2c1. The number of phenolic OH excluding ortho intramolecular Hbond substituents is 1. The van der Waals surface area contributed by atoms with Gasteiger partial charge in [0.1, 0.15) is 11.5 Å². The van der Waals surface area contributed by atoms with E-state index < -0.39 is 0 Å². The van der Waals surface area contributed by atoms with E-state index in [1.54, 1.807) is 20.1 Å². The number of nitrogens with zero attached hydrogens (tertiary/aromatic N) is 1. The number of aromatic nitrogens is 1. The van der Waals surface area contributed by atoms with Crippen molar-refractivity contribution in [3.63, 3.8) is 0 Å². The van der Waals surface area contributed by atoms with Crippen LogP contribution in [-0.2, 0) is 0 Å². The Balaban J connectivity index is 1.58. The molecule has 0 saturated heterocycles. The van der Waals surface area contributed by atoms with Crippen LogP contribution in [0.4, 0.5) is 0 Å².